The van der Waals surface area contributed by atoms with Crippen LogP contribution < -0.4 is 11.1 Å². The van der Waals surface area contributed by atoms with Crippen molar-refractivity contribution in [3.8, 4) is 0 Å². The van der Waals surface area contributed by atoms with Crippen molar-refractivity contribution in [2.75, 3.05) is 30.8 Å². The number of nitrogens with zero attached hydrogens (tertiary/aromatic N) is 1. The molecule has 1 saturated heterocycles. The predicted octanol–water partition coefficient (Wildman–Crippen LogP) is -0.407. The smallest absolute Gasteiger partial charge is 0.255 e. The Bertz CT molecular complexity index is 513. The molecule has 0 aromatic heterocycles. The molecule has 7 nitrogen and oxygen atoms in total. The van der Waals surface area contributed by atoms with Crippen LogP contribution in [0.2, 0.25) is 0 Å². The molecular weight excluding hydrogens is 250 g/mol. The molecule has 1 aromatic carbocycles. The molecule has 3 N–H and O–H groups in total. The summed E-state index contributed by atoms with van der Waals surface area (Å²) in [5.74, 6) is -1.49. The zero-order chi connectivity index (χ0) is 13.8. The average molecular weight is 263 g/mol. The van der Waals surface area contributed by atoms with Gasteiger partial charge in [0.05, 0.1) is 0 Å². The van der Waals surface area contributed by atoms with Crippen LogP contribution in [0.5, 0.6) is 0 Å². The van der Waals surface area contributed by atoms with Gasteiger partial charge < -0.3 is 15.8 Å². The van der Waals surface area contributed by atoms with Gasteiger partial charge in [0, 0.05) is 11.4 Å². The van der Waals surface area contributed by atoms with Crippen LogP contribution in [-0.2, 0) is 19.1 Å². The van der Waals surface area contributed by atoms with E-state index in [1.165, 1.54) is 0 Å². The fourth-order valence-corrected chi connectivity index (χ4v) is 1.66. The Labute approximate surface area is 109 Å². The van der Waals surface area contributed by atoms with E-state index in [1.807, 2.05) is 0 Å². The molecule has 0 atom stereocenters. The number of hydrogen-bond acceptors (Lipinski definition) is 5. The lowest BCUT2D eigenvalue weighted by atomic mass is 10.3. The van der Waals surface area contributed by atoms with Crippen molar-refractivity contribution in [1.29, 1.82) is 0 Å². The fraction of sp³-hybridized carbons (Fsp3) is 0.250. The Morgan fingerprint density at radius 2 is 2.00 bits per heavy atom. The van der Waals surface area contributed by atoms with Crippen molar-refractivity contribution < 1.29 is 19.1 Å². The molecule has 100 valence electrons. The van der Waals surface area contributed by atoms with Crippen LogP contribution >= 0.6 is 0 Å². The largest absolute Gasteiger partial charge is 0.399 e. The Hall–Kier alpha value is -2.41. The molecule has 1 aromatic rings. The highest BCUT2D eigenvalue weighted by molar-refractivity contribution is 6.03. The normalized spacial score (nSPS) is 15.5. The molecular formula is C12H13N3O4. The first kappa shape index (κ1) is 13.0. The van der Waals surface area contributed by atoms with Gasteiger partial charge in [-0.15, -0.1) is 0 Å². The highest BCUT2D eigenvalue weighted by Gasteiger charge is 2.28. The van der Waals surface area contributed by atoms with Gasteiger partial charge in [0.2, 0.25) is 5.91 Å². The average Bonchev–Trinajstić information content (AvgIpc) is 2.34. The number of nitrogens with two attached hydrogens (primary N) is 1. The Morgan fingerprint density at radius 3 is 2.63 bits per heavy atom. The first-order valence-electron chi connectivity index (χ1n) is 5.62. The molecule has 0 saturated carbocycles. The van der Waals surface area contributed by atoms with Gasteiger partial charge in [0.15, 0.2) is 0 Å². The Kier molecular flexibility index (Phi) is 3.76. The second-order valence-corrected chi connectivity index (χ2v) is 4.04. The molecule has 2 rings (SSSR count). The van der Waals surface area contributed by atoms with E-state index in [1.54, 1.807) is 24.3 Å². The van der Waals surface area contributed by atoms with Crippen molar-refractivity contribution in [1.82, 2.24) is 4.90 Å². The van der Waals surface area contributed by atoms with Gasteiger partial charge in [-0.1, -0.05) is 6.07 Å². The number of amides is 3. The van der Waals surface area contributed by atoms with Gasteiger partial charge >= 0.3 is 0 Å². The lowest BCUT2D eigenvalue weighted by Gasteiger charge is -2.24. The lowest BCUT2D eigenvalue weighted by molar-refractivity contribution is -0.159. The summed E-state index contributed by atoms with van der Waals surface area (Å²) in [6.07, 6.45) is 0. The van der Waals surface area contributed by atoms with E-state index in [-0.39, 0.29) is 19.8 Å². The first-order chi connectivity index (χ1) is 9.06. The molecule has 0 unspecified atom stereocenters. The van der Waals surface area contributed by atoms with E-state index >= 15 is 0 Å². The molecule has 1 aliphatic heterocycles. The minimum Gasteiger partial charge on any atom is -0.399 e. The highest BCUT2D eigenvalue weighted by atomic mass is 16.5. The summed E-state index contributed by atoms with van der Waals surface area (Å²) in [4.78, 5) is 35.5. The van der Waals surface area contributed by atoms with Crippen LogP contribution in [-0.4, -0.2) is 42.4 Å². The summed E-state index contributed by atoms with van der Waals surface area (Å²) in [7, 11) is 0. The van der Waals surface area contributed by atoms with E-state index in [4.69, 9.17) is 10.5 Å². The maximum Gasteiger partial charge on any atom is 0.255 e. The van der Waals surface area contributed by atoms with E-state index in [0.29, 0.717) is 11.4 Å². The molecule has 3 amide bonds. The summed E-state index contributed by atoms with van der Waals surface area (Å²) >= 11 is 0. The van der Waals surface area contributed by atoms with Crippen LogP contribution in [0.15, 0.2) is 24.3 Å². The summed E-state index contributed by atoms with van der Waals surface area (Å²) in [6.45, 7) is -0.690. The molecule has 19 heavy (non-hydrogen) atoms. The van der Waals surface area contributed by atoms with Crippen molar-refractivity contribution in [2.45, 2.75) is 0 Å². The van der Waals surface area contributed by atoms with Crippen LogP contribution in [0.4, 0.5) is 11.4 Å². The quantitative estimate of drug-likeness (QED) is 0.570. The topological polar surface area (TPSA) is 102 Å². The fourth-order valence-electron chi connectivity index (χ4n) is 1.66. The summed E-state index contributed by atoms with van der Waals surface area (Å²) in [5.41, 5.74) is 6.60. The number of benzene rings is 1. The maximum atomic E-state index is 11.7. The van der Waals surface area contributed by atoms with Gasteiger partial charge in [-0.2, -0.15) is 0 Å². The summed E-state index contributed by atoms with van der Waals surface area (Å²) < 4.78 is 4.75. The second kappa shape index (κ2) is 5.49. The SMILES string of the molecule is Nc1cccc(NC(=O)CN2C(=O)COCC2=O)c1. The number of anilines is 2. The molecule has 1 fully saturated rings. The monoisotopic (exact) mass is 263 g/mol. The number of carbonyl (C=O) groups is 3. The van der Waals surface area contributed by atoms with Gasteiger partial charge in [-0.25, -0.2) is 0 Å². The number of carbonyl (C=O) groups excluding carboxylic acids is 3. The third-order valence-corrected chi connectivity index (χ3v) is 2.53. The van der Waals surface area contributed by atoms with Crippen molar-refractivity contribution in [3.05, 3.63) is 24.3 Å². The van der Waals surface area contributed by atoms with Crippen LogP contribution in [0.3, 0.4) is 0 Å². The third-order valence-electron chi connectivity index (χ3n) is 2.53. The summed E-state index contributed by atoms with van der Waals surface area (Å²) in [6, 6.07) is 6.62. The van der Waals surface area contributed by atoms with Crippen molar-refractivity contribution in [2.24, 2.45) is 0 Å². The van der Waals surface area contributed by atoms with Crippen molar-refractivity contribution >= 4 is 29.1 Å². The van der Waals surface area contributed by atoms with Crippen LogP contribution in [0.1, 0.15) is 0 Å². The van der Waals surface area contributed by atoms with E-state index in [9.17, 15) is 14.4 Å². The van der Waals surface area contributed by atoms with Crippen molar-refractivity contribution in [3.63, 3.8) is 0 Å². The second-order valence-electron chi connectivity index (χ2n) is 4.04. The maximum absolute atomic E-state index is 11.7. The van der Waals surface area contributed by atoms with Crippen LogP contribution in [0, 0.1) is 0 Å². The van der Waals surface area contributed by atoms with Gasteiger partial charge in [-0.3, -0.25) is 19.3 Å². The molecule has 0 aliphatic carbocycles. The number of rotatable bonds is 3. The minimum atomic E-state index is -0.515. The molecule has 1 aliphatic rings. The molecule has 0 spiro atoms. The van der Waals surface area contributed by atoms with E-state index in [2.05, 4.69) is 5.32 Å². The highest BCUT2D eigenvalue weighted by Crippen LogP contribution is 2.12. The third kappa shape index (κ3) is 3.29. The Morgan fingerprint density at radius 1 is 1.32 bits per heavy atom. The number of nitrogens with one attached hydrogen (secondary N) is 1. The molecule has 1 heterocycles. The van der Waals surface area contributed by atoms with Gasteiger partial charge in [0.25, 0.3) is 11.8 Å². The van der Waals surface area contributed by atoms with E-state index in [0.717, 1.165) is 4.90 Å². The zero-order valence-corrected chi connectivity index (χ0v) is 10.1. The number of ether oxygens (including phenoxy) is 1. The first-order valence-corrected chi connectivity index (χ1v) is 5.62. The standard InChI is InChI=1S/C12H13N3O4/c13-8-2-1-3-9(4-8)14-10(16)5-15-11(17)6-19-7-12(15)18/h1-4H,5-7,13H2,(H,14,16). The molecule has 0 bridgehead atoms. The van der Waals surface area contributed by atoms with E-state index < -0.39 is 17.7 Å². The van der Waals surface area contributed by atoms with Gasteiger partial charge in [0.1, 0.15) is 19.8 Å². The number of morpholine rings is 1. The molecule has 7 heteroatoms. The number of nitrogen functional groups attached to an aromatic ring is 1. The Balaban J connectivity index is 1.97. The predicted molar refractivity (Wildman–Crippen MR) is 67.0 cm³/mol. The number of imide groups is 1. The molecule has 0 radical (unpaired) electrons. The van der Waals surface area contributed by atoms with Gasteiger partial charge in [-0.05, 0) is 18.2 Å². The zero-order valence-electron chi connectivity index (χ0n) is 10.1. The minimum absolute atomic E-state index is 0.183. The van der Waals surface area contributed by atoms with Crippen LogP contribution in [0.25, 0.3) is 0 Å². The summed E-state index contributed by atoms with van der Waals surface area (Å²) in [5, 5.41) is 2.57. The lowest BCUT2D eigenvalue weighted by Crippen LogP contribution is -2.49. The number of hydrogen-bond donors (Lipinski definition) is 2.